The Bertz CT molecular complexity index is 858. The van der Waals surface area contributed by atoms with Crippen LogP contribution in [0.1, 0.15) is 35.6 Å². The maximum atomic E-state index is 12.0. The van der Waals surface area contributed by atoms with Crippen LogP contribution in [0.15, 0.2) is 28.0 Å². The van der Waals surface area contributed by atoms with Gasteiger partial charge in [0, 0.05) is 16.0 Å². The van der Waals surface area contributed by atoms with Crippen LogP contribution < -0.4 is 9.61 Å². The van der Waals surface area contributed by atoms with E-state index in [-0.39, 0.29) is 16.5 Å². The summed E-state index contributed by atoms with van der Waals surface area (Å²) < 4.78 is 5.32. The number of ether oxygens (including phenoxy) is 1. The highest BCUT2D eigenvalue weighted by Gasteiger charge is 2.54. The van der Waals surface area contributed by atoms with Crippen molar-refractivity contribution in [2.75, 3.05) is 7.11 Å². The van der Waals surface area contributed by atoms with E-state index in [0.717, 1.165) is 22.4 Å². The lowest BCUT2D eigenvalue weighted by Gasteiger charge is -2.40. The summed E-state index contributed by atoms with van der Waals surface area (Å²) in [7, 11) is 1.58. The highest BCUT2D eigenvalue weighted by atomic mass is 32.2. The monoisotopic (exact) mass is 361 g/mol. The molecule has 2 bridgehead atoms. The molecule has 2 aromatic rings. The summed E-state index contributed by atoms with van der Waals surface area (Å²) in [4.78, 5) is 16.3. The second-order valence-electron chi connectivity index (χ2n) is 7.11. The van der Waals surface area contributed by atoms with E-state index in [2.05, 4.69) is 4.98 Å². The first-order valence-corrected chi connectivity index (χ1v) is 10.1. The number of fused-ring (bicyclic) bond motifs is 6. The second-order valence-corrected chi connectivity index (χ2v) is 9.31. The smallest absolute Gasteiger partial charge is 0.305 e. The molecule has 1 aliphatic heterocycles. The largest absolute Gasteiger partial charge is 0.504 e. The number of methoxy groups -OCH3 is 1. The van der Waals surface area contributed by atoms with Crippen molar-refractivity contribution >= 4 is 23.1 Å². The van der Waals surface area contributed by atoms with Crippen LogP contribution in [0.2, 0.25) is 0 Å². The number of aromatic amines is 1. The third kappa shape index (κ3) is 2.02. The number of H-pyrrole nitrogens is 1. The molecular formula is C18H19NO3S2. The summed E-state index contributed by atoms with van der Waals surface area (Å²) in [5.41, 5.74) is 1.16. The van der Waals surface area contributed by atoms with Crippen LogP contribution in [0.4, 0.5) is 0 Å². The number of rotatable bonds is 2. The number of thioether (sulfide) groups is 1. The van der Waals surface area contributed by atoms with Crippen molar-refractivity contribution in [1.29, 1.82) is 0 Å². The molecule has 2 fully saturated rings. The number of phenols is 1. The van der Waals surface area contributed by atoms with Crippen LogP contribution >= 0.6 is 23.1 Å². The third-order valence-electron chi connectivity index (χ3n) is 6.03. The zero-order valence-corrected chi connectivity index (χ0v) is 15.0. The Morgan fingerprint density at radius 3 is 2.96 bits per heavy atom. The summed E-state index contributed by atoms with van der Waals surface area (Å²) >= 11 is 3.25. The Morgan fingerprint density at radius 1 is 1.29 bits per heavy atom. The van der Waals surface area contributed by atoms with Crippen molar-refractivity contribution in [2.45, 2.75) is 35.5 Å². The molecule has 2 saturated carbocycles. The Kier molecular flexibility index (Phi) is 3.29. The van der Waals surface area contributed by atoms with E-state index in [4.69, 9.17) is 4.74 Å². The Balaban J connectivity index is 1.68. The van der Waals surface area contributed by atoms with Crippen LogP contribution in [-0.2, 0) is 0 Å². The van der Waals surface area contributed by atoms with Crippen LogP contribution in [0.5, 0.6) is 11.5 Å². The second kappa shape index (κ2) is 5.30. The Morgan fingerprint density at radius 2 is 2.12 bits per heavy atom. The van der Waals surface area contributed by atoms with Crippen LogP contribution in [0.25, 0.3) is 0 Å². The maximum Gasteiger partial charge on any atom is 0.305 e. The summed E-state index contributed by atoms with van der Waals surface area (Å²) in [6.07, 6.45) is 3.97. The van der Waals surface area contributed by atoms with Gasteiger partial charge < -0.3 is 14.8 Å². The third-order valence-corrected chi connectivity index (χ3v) is 8.65. The van der Waals surface area contributed by atoms with Gasteiger partial charge in [-0.2, -0.15) is 0 Å². The van der Waals surface area contributed by atoms with E-state index >= 15 is 0 Å². The molecule has 126 valence electrons. The lowest BCUT2D eigenvalue weighted by molar-refractivity contribution is 0.306. The molecule has 0 saturated heterocycles. The molecule has 0 spiro atoms. The van der Waals surface area contributed by atoms with Gasteiger partial charge >= 0.3 is 4.87 Å². The maximum absolute atomic E-state index is 12.0. The molecule has 2 aliphatic carbocycles. The van der Waals surface area contributed by atoms with Gasteiger partial charge in [-0.15, -0.1) is 11.8 Å². The molecule has 24 heavy (non-hydrogen) atoms. The minimum Gasteiger partial charge on any atom is -0.504 e. The van der Waals surface area contributed by atoms with Gasteiger partial charge in [0.05, 0.1) is 12.1 Å². The molecular weight excluding hydrogens is 342 g/mol. The normalized spacial score (nSPS) is 33.3. The fourth-order valence-electron chi connectivity index (χ4n) is 5.11. The molecule has 6 heteroatoms. The number of hydrogen-bond donors (Lipinski definition) is 2. The highest BCUT2D eigenvalue weighted by molar-refractivity contribution is 8.00. The van der Waals surface area contributed by atoms with Gasteiger partial charge in [0.2, 0.25) is 0 Å². The summed E-state index contributed by atoms with van der Waals surface area (Å²) in [6, 6.07) is 5.66. The predicted molar refractivity (Wildman–Crippen MR) is 95.4 cm³/mol. The molecule has 2 heterocycles. The lowest BCUT2D eigenvalue weighted by atomic mass is 9.75. The molecule has 5 rings (SSSR count). The number of thiazole rings is 1. The van der Waals surface area contributed by atoms with E-state index in [0.29, 0.717) is 16.9 Å². The molecule has 0 radical (unpaired) electrons. The van der Waals surface area contributed by atoms with E-state index in [1.165, 1.54) is 35.5 Å². The lowest BCUT2D eigenvalue weighted by Crippen LogP contribution is -2.33. The van der Waals surface area contributed by atoms with E-state index in [1.807, 2.05) is 23.9 Å². The van der Waals surface area contributed by atoms with Gasteiger partial charge in [0.25, 0.3) is 0 Å². The number of benzene rings is 1. The van der Waals surface area contributed by atoms with E-state index in [9.17, 15) is 9.90 Å². The standard InChI is InChI=1S/C18H19NO3S2/c1-22-12-7-9(4-5-11(12)20)14-13-8-2-3-10(6-8)15(13)23-17-16(14)24-18(21)19-17/h4-5,7-8,10,13-15,20H,2-3,6H2,1H3,(H,19,21)/t8?,10?,13?,14-,15?/m1/s1. The first kappa shape index (κ1) is 14.9. The average molecular weight is 361 g/mol. The summed E-state index contributed by atoms with van der Waals surface area (Å²) in [6.45, 7) is 0. The quantitative estimate of drug-likeness (QED) is 0.854. The van der Waals surface area contributed by atoms with Gasteiger partial charge in [0.15, 0.2) is 11.5 Å². The molecule has 5 atom stereocenters. The summed E-state index contributed by atoms with van der Waals surface area (Å²) in [5.74, 6) is 3.03. The number of nitrogens with one attached hydrogen (secondary N) is 1. The minimum absolute atomic E-state index is 0.0376. The Labute approximate surface area is 148 Å². The van der Waals surface area contributed by atoms with Crippen LogP contribution in [0.3, 0.4) is 0 Å². The number of aromatic hydroxyl groups is 1. The topological polar surface area (TPSA) is 62.3 Å². The van der Waals surface area contributed by atoms with Crippen molar-refractivity contribution in [1.82, 2.24) is 4.98 Å². The van der Waals surface area contributed by atoms with Crippen molar-refractivity contribution in [3.05, 3.63) is 38.3 Å². The SMILES string of the molecule is COc1cc([C@H]2c3sc(=O)[nH]c3SC3C4CCC(C4)C32)ccc1O. The van der Waals surface area contributed by atoms with E-state index < -0.39 is 0 Å². The van der Waals surface area contributed by atoms with Gasteiger partial charge in [0.1, 0.15) is 0 Å². The van der Waals surface area contributed by atoms with E-state index in [1.54, 1.807) is 13.2 Å². The van der Waals surface area contributed by atoms with Gasteiger partial charge in [-0.05, 0) is 54.7 Å². The number of hydrogen-bond acceptors (Lipinski definition) is 5. The van der Waals surface area contributed by atoms with Crippen molar-refractivity contribution < 1.29 is 9.84 Å². The molecule has 4 nitrogen and oxygen atoms in total. The van der Waals surface area contributed by atoms with Crippen molar-refractivity contribution in [3.8, 4) is 11.5 Å². The molecule has 2 N–H and O–H groups in total. The van der Waals surface area contributed by atoms with Crippen molar-refractivity contribution in [3.63, 3.8) is 0 Å². The molecule has 1 aromatic carbocycles. The Hall–Kier alpha value is -1.40. The molecule has 3 aliphatic rings. The predicted octanol–water partition coefficient (Wildman–Crippen LogP) is 3.80. The molecule has 4 unspecified atom stereocenters. The number of aromatic nitrogens is 1. The molecule has 1 aromatic heterocycles. The molecule has 0 amide bonds. The van der Waals surface area contributed by atoms with Crippen LogP contribution in [0, 0.1) is 17.8 Å². The first-order valence-electron chi connectivity index (χ1n) is 8.42. The van der Waals surface area contributed by atoms with Crippen molar-refractivity contribution in [2.24, 2.45) is 17.8 Å². The van der Waals surface area contributed by atoms with Crippen LogP contribution in [-0.4, -0.2) is 22.5 Å². The average Bonchev–Trinajstić information content (AvgIpc) is 3.26. The first-order chi connectivity index (χ1) is 11.7. The highest BCUT2D eigenvalue weighted by Crippen LogP contribution is 2.63. The zero-order chi connectivity index (χ0) is 16.4. The minimum atomic E-state index is 0.0376. The fourth-order valence-corrected chi connectivity index (χ4v) is 8.00. The van der Waals surface area contributed by atoms with Gasteiger partial charge in [-0.3, -0.25) is 4.79 Å². The fraction of sp³-hybridized carbons (Fsp3) is 0.500. The summed E-state index contributed by atoms with van der Waals surface area (Å²) in [5, 5.41) is 11.6. The number of phenolic OH excluding ortho intramolecular Hbond substituents is 1. The van der Waals surface area contributed by atoms with Gasteiger partial charge in [-0.25, -0.2) is 0 Å². The zero-order valence-electron chi connectivity index (χ0n) is 13.3. The van der Waals surface area contributed by atoms with Gasteiger partial charge in [-0.1, -0.05) is 17.4 Å².